The standard InChI is InChI=1S/C17H17ClN2O/c18-17-10-16(7-6-14(17)11-19)20-12-15(8-9-21)13-4-2-1-3-5-13/h1-7,10,15,20-21H,8-9,12H2. The summed E-state index contributed by atoms with van der Waals surface area (Å²) in [5, 5.41) is 21.8. The summed E-state index contributed by atoms with van der Waals surface area (Å²) >= 11 is 6.02. The number of nitrogens with zero attached hydrogens (tertiary/aromatic N) is 1. The number of rotatable bonds is 6. The molecule has 0 aliphatic rings. The number of hydrogen-bond acceptors (Lipinski definition) is 3. The largest absolute Gasteiger partial charge is 0.396 e. The Labute approximate surface area is 129 Å². The molecule has 1 atom stereocenters. The summed E-state index contributed by atoms with van der Waals surface area (Å²) in [5.74, 6) is 0.227. The molecule has 21 heavy (non-hydrogen) atoms. The van der Waals surface area contributed by atoms with Gasteiger partial charge >= 0.3 is 0 Å². The fourth-order valence-electron chi connectivity index (χ4n) is 2.22. The van der Waals surface area contributed by atoms with Crippen LogP contribution in [0, 0.1) is 11.3 Å². The van der Waals surface area contributed by atoms with Crippen molar-refractivity contribution in [1.82, 2.24) is 0 Å². The summed E-state index contributed by atoms with van der Waals surface area (Å²) < 4.78 is 0. The first-order valence-electron chi connectivity index (χ1n) is 6.84. The van der Waals surface area contributed by atoms with E-state index in [0.717, 1.165) is 5.69 Å². The highest BCUT2D eigenvalue weighted by atomic mass is 35.5. The third-order valence-electron chi connectivity index (χ3n) is 3.39. The van der Waals surface area contributed by atoms with Gasteiger partial charge in [0.15, 0.2) is 0 Å². The van der Waals surface area contributed by atoms with E-state index in [1.165, 1.54) is 5.56 Å². The second-order valence-electron chi connectivity index (χ2n) is 4.81. The van der Waals surface area contributed by atoms with Gasteiger partial charge in [-0.3, -0.25) is 0 Å². The fourth-order valence-corrected chi connectivity index (χ4v) is 2.45. The van der Waals surface area contributed by atoms with Gasteiger partial charge in [-0.2, -0.15) is 5.26 Å². The van der Waals surface area contributed by atoms with Crippen LogP contribution in [0.2, 0.25) is 5.02 Å². The highest BCUT2D eigenvalue weighted by Crippen LogP contribution is 2.23. The minimum Gasteiger partial charge on any atom is -0.396 e. The lowest BCUT2D eigenvalue weighted by Gasteiger charge is -2.18. The van der Waals surface area contributed by atoms with Gasteiger partial charge in [-0.15, -0.1) is 0 Å². The Morgan fingerprint density at radius 2 is 1.95 bits per heavy atom. The molecule has 0 fully saturated rings. The van der Waals surface area contributed by atoms with Crippen LogP contribution >= 0.6 is 11.6 Å². The first-order valence-corrected chi connectivity index (χ1v) is 7.21. The molecule has 0 saturated heterocycles. The second kappa shape index (κ2) is 7.68. The molecule has 0 aliphatic heterocycles. The van der Waals surface area contributed by atoms with E-state index in [0.29, 0.717) is 23.6 Å². The normalized spacial score (nSPS) is 11.7. The van der Waals surface area contributed by atoms with Gasteiger partial charge in [0, 0.05) is 24.8 Å². The van der Waals surface area contributed by atoms with Gasteiger partial charge in [-0.05, 0) is 30.2 Å². The van der Waals surface area contributed by atoms with Gasteiger partial charge in [-0.1, -0.05) is 41.9 Å². The predicted octanol–water partition coefficient (Wildman–Crippen LogP) is 3.79. The van der Waals surface area contributed by atoms with Crippen LogP contribution in [0.3, 0.4) is 0 Å². The Morgan fingerprint density at radius 1 is 1.19 bits per heavy atom. The Kier molecular flexibility index (Phi) is 5.62. The zero-order valence-corrected chi connectivity index (χ0v) is 12.3. The van der Waals surface area contributed by atoms with Crippen LogP contribution < -0.4 is 5.32 Å². The Hall–Kier alpha value is -2.02. The van der Waals surface area contributed by atoms with E-state index in [1.54, 1.807) is 12.1 Å². The molecule has 0 saturated carbocycles. The molecule has 0 bridgehead atoms. The van der Waals surface area contributed by atoms with E-state index in [1.807, 2.05) is 30.3 Å². The molecule has 2 aromatic carbocycles. The molecule has 0 aromatic heterocycles. The predicted molar refractivity (Wildman–Crippen MR) is 85.5 cm³/mol. The second-order valence-corrected chi connectivity index (χ2v) is 5.21. The van der Waals surface area contributed by atoms with Crippen LogP contribution in [0.4, 0.5) is 5.69 Å². The third kappa shape index (κ3) is 4.22. The number of anilines is 1. The van der Waals surface area contributed by atoms with Gasteiger partial charge in [0.2, 0.25) is 0 Å². The van der Waals surface area contributed by atoms with E-state index in [2.05, 4.69) is 17.4 Å². The highest BCUT2D eigenvalue weighted by Gasteiger charge is 2.11. The van der Waals surface area contributed by atoms with E-state index >= 15 is 0 Å². The summed E-state index contributed by atoms with van der Waals surface area (Å²) in [4.78, 5) is 0. The smallest absolute Gasteiger partial charge is 0.101 e. The molecule has 3 nitrogen and oxygen atoms in total. The number of aliphatic hydroxyl groups excluding tert-OH is 1. The fraction of sp³-hybridized carbons (Fsp3) is 0.235. The molecule has 108 valence electrons. The minimum atomic E-state index is 0.148. The van der Waals surface area contributed by atoms with Gasteiger partial charge in [-0.25, -0.2) is 0 Å². The maximum Gasteiger partial charge on any atom is 0.101 e. The lowest BCUT2D eigenvalue weighted by molar-refractivity contribution is 0.277. The summed E-state index contributed by atoms with van der Waals surface area (Å²) in [6.07, 6.45) is 0.695. The van der Waals surface area contributed by atoms with Crippen molar-refractivity contribution in [2.45, 2.75) is 12.3 Å². The summed E-state index contributed by atoms with van der Waals surface area (Å²) in [6.45, 7) is 0.849. The zero-order chi connectivity index (χ0) is 15.1. The van der Waals surface area contributed by atoms with E-state index in [9.17, 15) is 5.11 Å². The van der Waals surface area contributed by atoms with E-state index < -0.39 is 0 Å². The first-order chi connectivity index (χ1) is 10.2. The van der Waals surface area contributed by atoms with Crippen LogP contribution in [0.15, 0.2) is 48.5 Å². The quantitative estimate of drug-likeness (QED) is 0.853. The van der Waals surface area contributed by atoms with Crippen molar-refractivity contribution in [3.05, 3.63) is 64.7 Å². The molecule has 0 heterocycles. The van der Waals surface area contributed by atoms with Gasteiger partial charge in [0.1, 0.15) is 6.07 Å². The molecule has 0 aliphatic carbocycles. The van der Waals surface area contributed by atoms with Crippen molar-refractivity contribution >= 4 is 17.3 Å². The topological polar surface area (TPSA) is 56.0 Å². The SMILES string of the molecule is N#Cc1ccc(NCC(CCO)c2ccccc2)cc1Cl. The number of hydrogen-bond donors (Lipinski definition) is 2. The minimum absolute atomic E-state index is 0.148. The van der Waals surface area contributed by atoms with Crippen molar-refractivity contribution in [3.8, 4) is 6.07 Å². The maximum atomic E-state index is 9.22. The molecule has 0 spiro atoms. The number of nitriles is 1. The molecule has 1 unspecified atom stereocenters. The lowest BCUT2D eigenvalue weighted by Crippen LogP contribution is -2.14. The summed E-state index contributed by atoms with van der Waals surface area (Å²) in [6, 6.07) is 17.4. The monoisotopic (exact) mass is 300 g/mol. The molecule has 4 heteroatoms. The number of aliphatic hydroxyl groups is 1. The average molecular weight is 301 g/mol. The number of benzene rings is 2. The average Bonchev–Trinajstić information content (AvgIpc) is 2.52. The zero-order valence-electron chi connectivity index (χ0n) is 11.6. The van der Waals surface area contributed by atoms with Crippen molar-refractivity contribution in [1.29, 1.82) is 5.26 Å². The van der Waals surface area contributed by atoms with Crippen LogP contribution in [-0.2, 0) is 0 Å². The highest BCUT2D eigenvalue weighted by molar-refractivity contribution is 6.32. The van der Waals surface area contributed by atoms with Crippen LogP contribution in [0.1, 0.15) is 23.5 Å². The summed E-state index contributed by atoms with van der Waals surface area (Å²) in [5.41, 5.74) is 2.54. The van der Waals surface area contributed by atoms with E-state index in [-0.39, 0.29) is 12.5 Å². The Morgan fingerprint density at radius 3 is 2.57 bits per heavy atom. The molecule has 2 aromatic rings. The van der Waals surface area contributed by atoms with Crippen LogP contribution in [0.25, 0.3) is 0 Å². The number of nitrogens with one attached hydrogen (secondary N) is 1. The molecular weight excluding hydrogens is 284 g/mol. The molecule has 0 amide bonds. The van der Waals surface area contributed by atoms with Gasteiger partial charge in [0.25, 0.3) is 0 Å². The molecule has 0 radical (unpaired) electrons. The van der Waals surface area contributed by atoms with Crippen molar-refractivity contribution < 1.29 is 5.11 Å². The molecule has 2 rings (SSSR count). The molecule has 2 N–H and O–H groups in total. The van der Waals surface area contributed by atoms with Gasteiger partial charge in [0.05, 0.1) is 10.6 Å². The van der Waals surface area contributed by atoms with Crippen LogP contribution in [-0.4, -0.2) is 18.3 Å². The van der Waals surface area contributed by atoms with E-state index in [4.69, 9.17) is 16.9 Å². The van der Waals surface area contributed by atoms with Crippen molar-refractivity contribution in [2.75, 3.05) is 18.5 Å². The first kappa shape index (κ1) is 15.4. The Bertz CT molecular complexity index is 622. The van der Waals surface area contributed by atoms with Gasteiger partial charge < -0.3 is 10.4 Å². The van der Waals surface area contributed by atoms with Crippen LogP contribution in [0.5, 0.6) is 0 Å². The lowest BCUT2D eigenvalue weighted by atomic mass is 9.96. The van der Waals surface area contributed by atoms with Crippen molar-refractivity contribution in [3.63, 3.8) is 0 Å². The Balaban J connectivity index is 2.05. The molecular formula is C17H17ClN2O. The third-order valence-corrected chi connectivity index (χ3v) is 3.70. The number of halogens is 1. The summed E-state index contributed by atoms with van der Waals surface area (Å²) in [7, 11) is 0. The maximum absolute atomic E-state index is 9.22. The van der Waals surface area contributed by atoms with Crippen molar-refractivity contribution in [2.24, 2.45) is 0 Å².